The predicted octanol–water partition coefficient (Wildman–Crippen LogP) is 3.69. The summed E-state index contributed by atoms with van der Waals surface area (Å²) in [6.07, 6.45) is -3.16. The molecular formula is C16H10F3N3O2. The van der Waals surface area contributed by atoms with E-state index in [1.165, 1.54) is 30.5 Å². The summed E-state index contributed by atoms with van der Waals surface area (Å²) in [5.41, 5.74) is 1.86. The van der Waals surface area contributed by atoms with Crippen LogP contribution in [0.1, 0.15) is 27.5 Å². The molecule has 0 bridgehead atoms. The molecular weight excluding hydrogens is 323 g/mol. The molecule has 0 spiro atoms. The molecule has 0 aliphatic carbocycles. The van der Waals surface area contributed by atoms with Crippen molar-refractivity contribution in [3.05, 3.63) is 65.3 Å². The SMILES string of the molecule is Cc1ccnc(C(=O)c2ccc(-c3noc(C(F)(F)F)n3)cc2)c1. The number of pyridine rings is 1. The second-order valence-electron chi connectivity index (χ2n) is 5.05. The molecule has 2 aromatic heterocycles. The molecule has 1 aromatic carbocycles. The minimum atomic E-state index is -4.70. The fourth-order valence-corrected chi connectivity index (χ4v) is 2.03. The number of halogens is 3. The van der Waals surface area contributed by atoms with Gasteiger partial charge in [0.2, 0.25) is 11.6 Å². The summed E-state index contributed by atoms with van der Waals surface area (Å²) in [7, 11) is 0. The number of ketones is 1. The van der Waals surface area contributed by atoms with Gasteiger partial charge in [0.05, 0.1) is 0 Å². The topological polar surface area (TPSA) is 68.9 Å². The molecule has 0 aliphatic heterocycles. The second-order valence-corrected chi connectivity index (χ2v) is 5.05. The highest BCUT2D eigenvalue weighted by Gasteiger charge is 2.38. The van der Waals surface area contributed by atoms with Gasteiger partial charge in [-0.25, -0.2) is 0 Å². The number of hydrogen-bond acceptors (Lipinski definition) is 5. The quantitative estimate of drug-likeness (QED) is 0.684. The summed E-state index contributed by atoms with van der Waals surface area (Å²) in [5.74, 6) is -1.90. The van der Waals surface area contributed by atoms with Gasteiger partial charge in [-0.1, -0.05) is 29.4 Å². The minimum Gasteiger partial charge on any atom is -0.329 e. The van der Waals surface area contributed by atoms with E-state index in [1.54, 1.807) is 12.1 Å². The van der Waals surface area contributed by atoms with Crippen molar-refractivity contribution in [2.45, 2.75) is 13.1 Å². The van der Waals surface area contributed by atoms with Crippen molar-refractivity contribution in [3.63, 3.8) is 0 Å². The lowest BCUT2D eigenvalue weighted by Crippen LogP contribution is -2.05. The number of rotatable bonds is 3. The Morgan fingerprint density at radius 3 is 2.42 bits per heavy atom. The summed E-state index contributed by atoms with van der Waals surface area (Å²) in [6.45, 7) is 1.84. The van der Waals surface area contributed by atoms with Gasteiger partial charge in [-0.2, -0.15) is 18.2 Å². The molecule has 122 valence electrons. The van der Waals surface area contributed by atoms with Gasteiger partial charge in [-0.05, 0) is 24.6 Å². The lowest BCUT2D eigenvalue weighted by molar-refractivity contribution is -0.159. The maximum atomic E-state index is 12.5. The molecule has 3 aromatic rings. The van der Waals surface area contributed by atoms with Crippen LogP contribution in [0.4, 0.5) is 13.2 Å². The zero-order valence-electron chi connectivity index (χ0n) is 12.3. The lowest BCUT2D eigenvalue weighted by Gasteiger charge is -2.02. The zero-order valence-corrected chi connectivity index (χ0v) is 12.3. The number of aryl methyl sites for hydroxylation is 1. The van der Waals surface area contributed by atoms with E-state index in [9.17, 15) is 18.0 Å². The number of aromatic nitrogens is 3. The van der Waals surface area contributed by atoms with Crippen molar-refractivity contribution < 1.29 is 22.5 Å². The average molecular weight is 333 g/mol. The number of alkyl halides is 3. The molecule has 0 aliphatic rings. The van der Waals surface area contributed by atoms with Crippen molar-refractivity contribution in [1.29, 1.82) is 0 Å². The van der Waals surface area contributed by atoms with Crippen molar-refractivity contribution in [3.8, 4) is 11.4 Å². The van der Waals surface area contributed by atoms with Crippen molar-refractivity contribution in [2.75, 3.05) is 0 Å². The third kappa shape index (κ3) is 3.17. The first-order valence-corrected chi connectivity index (χ1v) is 6.83. The summed E-state index contributed by atoms with van der Waals surface area (Å²) in [4.78, 5) is 19.6. The maximum Gasteiger partial charge on any atom is 0.471 e. The molecule has 0 unspecified atom stereocenters. The number of hydrogen-bond donors (Lipinski definition) is 0. The van der Waals surface area contributed by atoms with E-state index in [-0.39, 0.29) is 11.6 Å². The first-order valence-electron chi connectivity index (χ1n) is 6.83. The highest BCUT2D eigenvalue weighted by atomic mass is 19.4. The van der Waals surface area contributed by atoms with Crippen LogP contribution in [0.5, 0.6) is 0 Å². The first kappa shape index (κ1) is 15.9. The monoisotopic (exact) mass is 333 g/mol. The third-order valence-corrected chi connectivity index (χ3v) is 3.22. The standard InChI is InChI=1S/C16H10F3N3O2/c1-9-6-7-20-12(8-9)13(23)10-2-4-11(5-3-10)14-21-15(24-22-14)16(17,18)19/h2-8H,1H3. The summed E-state index contributed by atoms with van der Waals surface area (Å²) < 4.78 is 41.6. The molecule has 0 fully saturated rings. The smallest absolute Gasteiger partial charge is 0.329 e. The average Bonchev–Trinajstić information content (AvgIpc) is 3.04. The fraction of sp³-hybridized carbons (Fsp3) is 0.125. The van der Waals surface area contributed by atoms with Crippen LogP contribution in [0, 0.1) is 6.92 Å². The number of carbonyl (C=O) groups excluding carboxylic acids is 1. The molecule has 24 heavy (non-hydrogen) atoms. The van der Waals surface area contributed by atoms with Crippen LogP contribution in [0.2, 0.25) is 0 Å². The van der Waals surface area contributed by atoms with Crippen LogP contribution in [0.25, 0.3) is 11.4 Å². The Labute approximate surface area is 134 Å². The largest absolute Gasteiger partial charge is 0.471 e. The first-order chi connectivity index (χ1) is 11.3. The van der Waals surface area contributed by atoms with Crippen molar-refractivity contribution in [1.82, 2.24) is 15.1 Å². The molecule has 0 saturated heterocycles. The number of nitrogens with zero attached hydrogens (tertiary/aromatic N) is 3. The van der Waals surface area contributed by atoms with Crippen LogP contribution in [0.15, 0.2) is 47.1 Å². The Balaban J connectivity index is 1.85. The van der Waals surface area contributed by atoms with Crippen LogP contribution >= 0.6 is 0 Å². The van der Waals surface area contributed by atoms with Gasteiger partial charge in [0.25, 0.3) is 0 Å². The summed E-state index contributed by atoms with van der Waals surface area (Å²) >= 11 is 0. The summed E-state index contributed by atoms with van der Waals surface area (Å²) in [6, 6.07) is 9.29. The molecule has 0 atom stereocenters. The minimum absolute atomic E-state index is 0.199. The van der Waals surface area contributed by atoms with E-state index < -0.39 is 12.1 Å². The molecule has 2 heterocycles. The van der Waals surface area contributed by atoms with Crippen LogP contribution < -0.4 is 0 Å². The normalized spacial score (nSPS) is 11.5. The highest BCUT2D eigenvalue weighted by molar-refractivity contribution is 6.07. The molecule has 0 N–H and O–H groups in total. The highest BCUT2D eigenvalue weighted by Crippen LogP contribution is 2.29. The molecule has 5 nitrogen and oxygen atoms in total. The molecule has 0 amide bonds. The van der Waals surface area contributed by atoms with E-state index in [1.807, 2.05) is 6.92 Å². The van der Waals surface area contributed by atoms with Gasteiger partial charge >= 0.3 is 12.1 Å². The van der Waals surface area contributed by atoms with E-state index >= 15 is 0 Å². The van der Waals surface area contributed by atoms with Gasteiger partial charge in [-0.3, -0.25) is 9.78 Å². The van der Waals surface area contributed by atoms with E-state index in [4.69, 9.17) is 0 Å². The van der Waals surface area contributed by atoms with Gasteiger partial charge < -0.3 is 4.52 Å². The molecule has 3 rings (SSSR count). The number of benzene rings is 1. The van der Waals surface area contributed by atoms with E-state index in [0.717, 1.165) is 5.56 Å². The Morgan fingerprint density at radius 1 is 1.12 bits per heavy atom. The third-order valence-electron chi connectivity index (χ3n) is 3.22. The maximum absolute atomic E-state index is 12.5. The van der Waals surface area contributed by atoms with Crippen LogP contribution in [0.3, 0.4) is 0 Å². The van der Waals surface area contributed by atoms with Crippen molar-refractivity contribution in [2.24, 2.45) is 0 Å². The van der Waals surface area contributed by atoms with Crippen LogP contribution in [-0.4, -0.2) is 20.9 Å². The fourth-order valence-electron chi connectivity index (χ4n) is 2.03. The second kappa shape index (κ2) is 5.88. The lowest BCUT2D eigenvalue weighted by atomic mass is 10.0. The summed E-state index contributed by atoms with van der Waals surface area (Å²) in [5, 5.41) is 3.29. The van der Waals surface area contributed by atoms with E-state index in [0.29, 0.717) is 16.8 Å². The Morgan fingerprint density at radius 2 is 1.83 bits per heavy atom. The Kier molecular flexibility index (Phi) is 3.88. The van der Waals surface area contributed by atoms with E-state index in [2.05, 4.69) is 19.6 Å². The Bertz CT molecular complexity index is 886. The van der Waals surface area contributed by atoms with Gasteiger partial charge in [0, 0.05) is 17.3 Å². The number of carbonyl (C=O) groups is 1. The molecule has 0 radical (unpaired) electrons. The zero-order chi connectivity index (χ0) is 17.3. The molecule has 0 saturated carbocycles. The Hall–Kier alpha value is -3.03. The van der Waals surface area contributed by atoms with Crippen molar-refractivity contribution >= 4 is 5.78 Å². The van der Waals surface area contributed by atoms with Gasteiger partial charge in [0.15, 0.2) is 0 Å². The van der Waals surface area contributed by atoms with Crippen LogP contribution in [-0.2, 0) is 6.18 Å². The van der Waals surface area contributed by atoms with Gasteiger partial charge in [0.1, 0.15) is 5.69 Å². The predicted molar refractivity (Wildman–Crippen MR) is 77.1 cm³/mol. The molecule has 8 heteroatoms. The van der Waals surface area contributed by atoms with Gasteiger partial charge in [-0.15, -0.1) is 0 Å².